The molecule has 0 bridgehead atoms. The number of rotatable bonds is 13. The van der Waals surface area contributed by atoms with Crippen LogP contribution in [0, 0.1) is 0 Å². The van der Waals surface area contributed by atoms with Crippen molar-refractivity contribution in [1.29, 1.82) is 0 Å². The highest BCUT2D eigenvalue weighted by Crippen LogP contribution is 2.32. The van der Waals surface area contributed by atoms with E-state index in [9.17, 15) is 9.90 Å². The summed E-state index contributed by atoms with van der Waals surface area (Å²) in [6.07, 6.45) is 2.69. The van der Waals surface area contributed by atoms with E-state index in [0.29, 0.717) is 32.8 Å². The first kappa shape index (κ1) is 29.4. The minimum Gasteiger partial charge on any atom is -0.530 e. The molecule has 4 aromatic carbocycles. The van der Waals surface area contributed by atoms with Crippen LogP contribution in [0.15, 0.2) is 110 Å². The van der Waals surface area contributed by atoms with E-state index in [-0.39, 0.29) is 24.7 Å². The second-order valence-electron chi connectivity index (χ2n) is 10.8. The summed E-state index contributed by atoms with van der Waals surface area (Å²) in [5.41, 5.74) is 3.44. The third-order valence-electron chi connectivity index (χ3n) is 7.89. The highest BCUT2D eigenvalue weighted by atomic mass is 16.5. The summed E-state index contributed by atoms with van der Waals surface area (Å²) >= 11 is 0. The summed E-state index contributed by atoms with van der Waals surface area (Å²) in [6.45, 7) is 5.80. The molecule has 1 heterocycles. The SMILES string of the molecule is C=CCOC(CCc1ccccc1)COc1ccc(C2CCN(C(=O)[O-])CC2OCc2ccc3ccccc3c2)cc1. The van der Waals surface area contributed by atoms with Crippen LogP contribution in [0.5, 0.6) is 5.75 Å². The molecule has 1 amide bonds. The van der Waals surface area contributed by atoms with Crippen molar-refractivity contribution < 1.29 is 24.1 Å². The van der Waals surface area contributed by atoms with Crippen molar-refractivity contribution in [1.82, 2.24) is 4.90 Å². The Balaban J connectivity index is 1.21. The number of carbonyl (C=O) groups is 1. The maximum atomic E-state index is 11.7. The lowest BCUT2D eigenvalue weighted by molar-refractivity contribution is -0.268. The molecule has 1 aliphatic rings. The fourth-order valence-corrected chi connectivity index (χ4v) is 5.56. The van der Waals surface area contributed by atoms with Crippen LogP contribution in [-0.2, 0) is 22.5 Å². The number of hydrogen-bond donors (Lipinski definition) is 0. The van der Waals surface area contributed by atoms with Gasteiger partial charge >= 0.3 is 0 Å². The van der Waals surface area contributed by atoms with Gasteiger partial charge < -0.3 is 29.0 Å². The third kappa shape index (κ3) is 7.99. The Hall–Kier alpha value is -4.13. The number of hydrogen-bond acceptors (Lipinski definition) is 5. The van der Waals surface area contributed by atoms with E-state index >= 15 is 0 Å². The van der Waals surface area contributed by atoms with Gasteiger partial charge in [-0.15, -0.1) is 6.58 Å². The lowest BCUT2D eigenvalue weighted by Gasteiger charge is -2.40. The van der Waals surface area contributed by atoms with E-state index < -0.39 is 6.09 Å². The van der Waals surface area contributed by atoms with Gasteiger partial charge in [-0.2, -0.15) is 0 Å². The fraction of sp³-hybridized carbons (Fsp3) is 0.306. The number of ether oxygens (including phenoxy) is 3. The molecule has 1 fully saturated rings. The second-order valence-corrected chi connectivity index (χ2v) is 10.8. The molecule has 0 N–H and O–H groups in total. The van der Waals surface area contributed by atoms with Crippen molar-refractivity contribution in [3.8, 4) is 5.75 Å². The number of aryl methyl sites for hydroxylation is 1. The summed E-state index contributed by atoms with van der Waals surface area (Å²) < 4.78 is 18.5. The van der Waals surface area contributed by atoms with Crippen LogP contribution in [-0.4, -0.2) is 49.5 Å². The van der Waals surface area contributed by atoms with Gasteiger partial charge in [0.05, 0.1) is 25.4 Å². The quantitative estimate of drug-likeness (QED) is 0.183. The van der Waals surface area contributed by atoms with Crippen LogP contribution >= 0.6 is 0 Å². The molecule has 5 rings (SSSR count). The zero-order valence-electron chi connectivity index (χ0n) is 23.9. The average Bonchev–Trinajstić information content (AvgIpc) is 3.04. The van der Waals surface area contributed by atoms with E-state index in [0.717, 1.165) is 35.1 Å². The Bertz CT molecular complexity index is 1440. The van der Waals surface area contributed by atoms with E-state index in [1.807, 2.05) is 30.3 Å². The highest BCUT2D eigenvalue weighted by Gasteiger charge is 2.31. The van der Waals surface area contributed by atoms with Crippen LogP contribution < -0.4 is 9.84 Å². The molecule has 4 aromatic rings. The van der Waals surface area contributed by atoms with Gasteiger partial charge in [-0.05, 0) is 64.9 Å². The predicted octanol–water partition coefficient (Wildman–Crippen LogP) is 6.14. The topological polar surface area (TPSA) is 71.1 Å². The first-order valence-electron chi connectivity index (χ1n) is 14.6. The molecule has 42 heavy (non-hydrogen) atoms. The van der Waals surface area contributed by atoms with Crippen molar-refractivity contribution in [2.75, 3.05) is 26.3 Å². The Labute approximate surface area is 248 Å². The fourth-order valence-electron chi connectivity index (χ4n) is 5.56. The number of benzene rings is 4. The number of carbonyl (C=O) groups excluding carboxylic acids is 1. The Morgan fingerprint density at radius 3 is 2.48 bits per heavy atom. The molecule has 0 aromatic heterocycles. The van der Waals surface area contributed by atoms with Crippen molar-refractivity contribution >= 4 is 16.9 Å². The zero-order chi connectivity index (χ0) is 29.1. The second kappa shape index (κ2) is 14.7. The molecule has 6 nitrogen and oxygen atoms in total. The number of likely N-dealkylation sites (tertiary alicyclic amines) is 1. The Morgan fingerprint density at radius 1 is 0.952 bits per heavy atom. The van der Waals surface area contributed by atoms with Crippen LogP contribution in [0.25, 0.3) is 10.8 Å². The molecule has 218 valence electrons. The molecule has 3 atom stereocenters. The smallest absolute Gasteiger partial charge is 0.137 e. The van der Waals surface area contributed by atoms with Crippen molar-refractivity contribution in [3.63, 3.8) is 0 Å². The number of piperidine rings is 1. The van der Waals surface area contributed by atoms with E-state index in [2.05, 4.69) is 73.3 Å². The molecule has 0 aliphatic carbocycles. The first-order valence-corrected chi connectivity index (χ1v) is 14.6. The van der Waals surface area contributed by atoms with Gasteiger partial charge in [0.1, 0.15) is 18.4 Å². The van der Waals surface area contributed by atoms with Gasteiger partial charge in [-0.1, -0.05) is 84.9 Å². The summed E-state index contributed by atoms with van der Waals surface area (Å²) in [5.74, 6) is 0.830. The monoisotopic (exact) mass is 564 g/mol. The molecular formula is C36H38NO5-. The van der Waals surface area contributed by atoms with Gasteiger partial charge in [0.2, 0.25) is 0 Å². The van der Waals surface area contributed by atoms with Gasteiger partial charge in [-0.3, -0.25) is 0 Å². The maximum absolute atomic E-state index is 11.7. The third-order valence-corrected chi connectivity index (χ3v) is 7.89. The van der Waals surface area contributed by atoms with Gasteiger partial charge in [0, 0.05) is 19.0 Å². The van der Waals surface area contributed by atoms with Gasteiger partial charge in [-0.25, -0.2) is 0 Å². The number of fused-ring (bicyclic) bond motifs is 1. The van der Waals surface area contributed by atoms with Crippen LogP contribution in [0.1, 0.15) is 35.4 Å². The molecule has 1 saturated heterocycles. The van der Waals surface area contributed by atoms with Crippen LogP contribution in [0.3, 0.4) is 0 Å². The molecule has 6 heteroatoms. The summed E-state index contributed by atoms with van der Waals surface area (Å²) in [6, 6.07) is 32.9. The van der Waals surface area contributed by atoms with E-state index in [4.69, 9.17) is 14.2 Å². The van der Waals surface area contributed by atoms with E-state index in [1.165, 1.54) is 15.8 Å². The lowest BCUT2D eigenvalue weighted by Crippen LogP contribution is -2.51. The Kier molecular flexibility index (Phi) is 10.3. The normalized spacial score (nSPS) is 17.6. The molecular weight excluding hydrogens is 526 g/mol. The number of nitrogens with zero attached hydrogens (tertiary/aromatic N) is 1. The van der Waals surface area contributed by atoms with Crippen LogP contribution in [0.4, 0.5) is 4.79 Å². The molecule has 0 spiro atoms. The summed E-state index contributed by atoms with van der Waals surface area (Å²) in [7, 11) is 0. The zero-order valence-corrected chi connectivity index (χ0v) is 23.9. The largest absolute Gasteiger partial charge is 0.530 e. The molecule has 0 radical (unpaired) electrons. The van der Waals surface area contributed by atoms with Crippen molar-refractivity contribution in [3.05, 3.63) is 126 Å². The standard InChI is InChI=1S/C36H39NO5/c1-2-22-40-33(17-13-27-8-4-3-5-9-27)26-41-32-18-15-30(16-19-32)34-20-21-37(36(38)39)24-35(34)42-25-28-12-14-29-10-6-7-11-31(29)23-28/h2-12,14-16,18-19,23,33-35H,1,13,17,20-22,24-26H2,(H,38,39)/p-1. The van der Waals surface area contributed by atoms with Crippen molar-refractivity contribution in [2.24, 2.45) is 0 Å². The van der Waals surface area contributed by atoms with Gasteiger partial charge in [0.25, 0.3) is 0 Å². The van der Waals surface area contributed by atoms with E-state index in [1.54, 1.807) is 6.08 Å². The van der Waals surface area contributed by atoms with Crippen LogP contribution in [0.2, 0.25) is 0 Å². The molecule has 3 unspecified atom stereocenters. The maximum Gasteiger partial charge on any atom is 0.137 e. The lowest BCUT2D eigenvalue weighted by atomic mass is 9.87. The predicted molar refractivity (Wildman–Crippen MR) is 163 cm³/mol. The molecule has 1 aliphatic heterocycles. The Morgan fingerprint density at radius 2 is 1.71 bits per heavy atom. The number of carboxylic acid groups (broad SMARTS) is 1. The van der Waals surface area contributed by atoms with Crippen molar-refractivity contribution in [2.45, 2.75) is 44.0 Å². The van der Waals surface area contributed by atoms with Gasteiger partial charge in [0.15, 0.2) is 0 Å². The number of amides is 1. The average molecular weight is 565 g/mol. The highest BCUT2D eigenvalue weighted by molar-refractivity contribution is 5.82. The summed E-state index contributed by atoms with van der Waals surface area (Å²) in [5, 5.41) is 14.0. The minimum atomic E-state index is -1.16. The minimum absolute atomic E-state index is 0.0512. The first-order chi connectivity index (χ1) is 20.6. The summed E-state index contributed by atoms with van der Waals surface area (Å²) in [4.78, 5) is 13.0. The molecule has 0 saturated carbocycles.